The van der Waals surface area contributed by atoms with Gasteiger partial charge in [-0.1, -0.05) is 43.3 Å². The second kappa shape index (κ2) is 8.85. The second-order valence-electron chi connectivity index (χ2n) is 6.09. The maximum absolute atomic E-state index is 12.6. The molecule has 0 radical (unpaired) electrons. The van der Waals surface area contributed by atoms with Crippen molar-refractivity contribution in [2.45, 2.75) is 19.9 Å². The average Bonchev–Trinajstić information content (AvgIpc) is 2.73. The van der Waals surface area contributed by atoms with Crippen molar-refractivity contribution in [2.75, 3.05) is 17.7 Å². The number of aromatic nitrogens is 1. The fourth-order valence-electron chi connectivity index (χ4n) is 2.85. The number of ether oxygens (including phenoxy) is 1. The second-order valence-corrected chi connectivity index (χ2v) is 6.09. The van der Waals surface area contributed by atoms with Crippen LogP contribution in [0.4, 0.5) is 11.4 Å². The van der Waals surface area contributed by atoms with E-state index in [0.29, 0.717) is 12.1 Å². The minimum atomic E-state index is -0.177. The normalized spacial score (nSPS) is 10.3. The zero-order valence-electron chi connectivity index (χ0n) is 15.5. The minimum absolute atomic E-state index is 0.177. The molecular formula is C22H23N3O2. The van der Waals surface area contributed by atoms with E-state index in [1.54, 1.807) is 25.6 Å². The fraction of sp³-hybridized carbons (Fsp3) is 0.182. The molecule has 2 N–H and O–H groups in total. The van der Waals surface area contributed by atoms with E-state index in [2.05, 4.69) is 22.5 Å². The zero-order valence-corrected chi connectivity index (χ0v) is 15.5. The summed E-state index contributed by atoms with van der Waals surface area (Å²) in [6.45, 7) is 2.64. The standard InChI is InChI=1S/C22H23N3O2/c1-3-16-8-4-6-10-20(16)25-22(26)18-12-19(15-23-13-18)24-14-17-9-5-7-11-21(17)27-2/h4-13,15,24H,3,14H2,1-2H3,(H,25,26). The molecule has 0 saturated carbocycles. The van der Waals surface area contributed by atoms with Crippen LogP contribution in [0.5, 0.6) is 5.75 Å². The number of anilines is 2. The molecule has 138 valence electrons. The van der Waals surface area contributed by atoms with Crippen molar-refractivity contribution in [3.63, 3.8) is 0 Å². The van der Waals surface area contributed by atoms with Gasteiger partial charge in [0.2, 0.25) is 0 Å². The number of para-hydroxylation sites is 2. The van der Waals surface area contributed by atoms with Gasteiger partial charge in [0.05, 0.1) is 18.4 Å². The number of methoxy groups -OCH3 is 1. The lowest BCUT2D eigenvalue weighted by Crippen LogP contribution is -2.14. The molecule has 2 aromatic carbocycles. The van der Waals surface area contributed by atoms with Crippen molar-refractivity contribution >= 4 is 17.3 Å². The predicted octanol–water partition coefficient (Wildman–Crippen LogP) is 4.52. The molecule has 0 spiro atoms. The predicted molar refractivity (Wildman–Crippen MR) is 108 cm³/mol. The van der Waals surface area contributed by atoms with Crippen LogP contribution in [0.2, 0.25) is 0 Å². The van der Waals surface area contributed by atoms with Gasteiger partial charge in [-0.25, -0.2) is 0 Å². The maximum atomic E-state index is 12.6. The molecule has 0 unspecified atom stereocenters. The Labute approximate surface area is 159 Å². The van der Waals surface area contributed by atoms with Gasteiger partial charge in [0.15, 0.2) is 0 Å². The van der Waals surface area contributed by atoms with Gasteiger partial charge in [-0.3, -0.25) is 9.78 Å². The summed E-state index contributed by atoms with van der Waals surface area (Å²) in [5.74, 6) is 0.646. The van der Waals surface area contributed by atoms with Crippen molar-refractivity contribution < 1.29 is 9.53 Å². The van der Waals surface area contributed by atoms with Crippen LogP contribution < -0.4 is 15.4 Å². The van der Waals surface area contributed by atoms with Gasteiger partial charge in [-0.05, 0) is 30.2 Å². The summed E-state index contributed by atoms with van der Waals surface area (Å²) in [6.07, 6.45) is 4.12. The number of benzene rings is 2. The van der Waals surface area contributed by atoms with E-state index in [1.165, 1.54) is 0 Å². The summed E-state index contributed by atoms with van der Waals surface area (Å²) in [5.41, 5.74) is 4.25. The first-order valence-corrected chi connectivity index (χ1v) is 8.91. The average molecular weight is 361 g/mol. The highest BCUT2D eigenvalue weighted by Gasteiger charge is 2.10. The number of nitrogens with zero attached hydrogens (tertiary/aromatic N) is 1. The third kappa shape index (κ3) is 4.64. The van der Waals surface area contributed by atoms with E-state index in [1.807, 2.05) is 48.5 Å². The van der Waals surface area contributed by atoms with Gasteiger partial charge in [0, 0.05) is 30.2 Å². The molecule has 27 heavy (non-hydrogen) atoms. The molecule has 5 nitrogen and oxygen atoms in total. The first kappa shape index (κ1) is 18.5. The zero-order chi connectivity index (χ0) is 19.1. The Hall–Kier alpha value is -3.34. The van der Waals surface area contributed by atoms with Gasteiger partial charge in [0.25, 0.3) is 5.91 Å². The Morgan fingerprint density at radius 3 is 2.56 bits per heavy atom. The van der Waals surface area contributed by atoms with Gasteiger partial charge < -0.3 is 15.4 Å². The molecule has 0 aliphatic carbocycles. The molecule has 0 saturated heterocycles. The van der Waals surface area contributed by atoms with Crippen molar-refractivity contribution in [3.05, 3.63) is 83.7 Å². The van der Waals surface area contributed by atoms with Crippen LogP contribution in [0.1, 0.15) is 28.4 Å². The lowest BCUT2D eigenvalue weighted by Gasteiger charge is -2.12. The first-order chi connectivity index (χ1) is 13.2. The van der Waals surface area contributed by atoms with Crippen LogP contribution in [0.25, 0.3) is 0 Å². The summed E-state index contributed by atoms with van der Waals surface area (Å²) in [5, 5.41) is 6.27. The summed E-state index contributed by atoms with van der Waals surface area (Å²) in [4.78, 5) is 16.8. The topological polar surface area (TPSA) is 63.2 Å². The molecule has 3 rings (SSSR count). The highest BCUT2D eigenvalue weighted by Crippen LogP contribution is 2.20. The van der Waals surface area contributed by atoms with Gasteiger partial charge in [-0.2, -0.15) is 0 Å². The molecule has 0 atom stereocenters. The first-order valence-electron chi connectivity index (χ1n) is 8.91. The highest BCUT2D eigenvalue weighted by molar-refractivity contribution is 6.04. The molecule has 0 fully saturated rings. The third-order valence-corrected chi connectivity index (χ3v) is 4.32. The number of hydrogen-bond acceptors (Lipinski definition) is 4. The van der Waals surface area contributed by atoms with Crippen molar-refractivity contribution in [3.8, 4) is 5.75 Å². The maximum Gasteiger partial charge on any atom is 0.257 e. The molecule has 0 aliphatic heterocycles. The third-order valence-electron chi connectivity index (χ3n) is 4.32. The monoisotopic (exact) mass is 361 g/mol. The van der Waals surface area contributed by atoms with Gasteiger partial charge >= 0.3 is 0 Å². The highest BCUT2D eigenvalue weighted by atomic mass is 16.5. The van der Waals surface area contributed by atoms with E-state index in [9.17, 15) is 4.79 Å². The number of nitrogens with one attached hydrogen (secondary N) is 2. The van der Waals surface area contributed by atoms with Gasteiger partial charge in [0.1, 0.15) is 5.75 Å². The van der Waals surface area contributed by atoms with Crippen LogP contribution in [0.15, 0.2) is 67.0 Å². The van der Waals surface area contributed by atoms with Gasteiger partial charge in [-0.15, -0.1) is 0 Å². The Balaban J connectivity index is 1.70. The van der Waals surface area contributed by atoms with Crippen LogP contribution >= 0.6 is 0 Å². The number of aryl methyl sites for hydroxylation is 1. The number of carbonyl (C=O) groups excluding carboxylic acids is 1. The number of hydrogen-bond donors (Lipinski definition) is 2. The molecule has 1 amide bonds. The summed E-state index contributed by atoms with van der Waals surface area (Å²) < 4.78 is 5.36. The van der Waals surface area contributed by atoms with Crippen molar-refractivity contribution in [1.29, 1.82) is 0 Å². The SMILES string of the molecule is CCc1ccccc1NC(=O)c1cncc(NCc2ccccc2OC)c1. The lowest BCUT2D eigenvalue weighted by atomic mass is 10.1. The van der Waals surface area contributed by atoms with Crippen molar-refractivity contribution in [1.82, 2.24) is 4.98 Å². The lowest BCUT2D eigenvalue weighted by molar-refractivity contribution is 0.102. The van der Waals surface area contributed by atoms with Crippen LogP contribution in [0, 0.1) is 0 Å². The van der Waals surface area contributed by atoms with Crippen molar-refractivity contribution in [2.24, 2.45) is 0 Å². The van der Waals surface area contributed by atoms with E-state index >= 15 is 0 Å². The van der Waals surface area contributed by atoms with E-state index in [-0.39, 0.29) is 5.91 Å². The molecule has 0 bridgehead atoms. The molecule has 3 aromatic rings. The van der Waals surface area contributed by atoms with E-state index in [0.717, 1.165) is 34.7 Å². The Morgan fingerprint density at radius 1 is 1.04 bits per heavy atom. The smallest absolute Gasteiger partial charge is 0.257 e. The van der Waals surface area contributed by atoms with Crippen LogP contribution in [-0.2, 0) is 13.0 Å². The molecular weight excluding hydrogens is 338 g/mol. The Bertz CT molecular complexity index is 925. The summed E-state index contributed by atoms with van der Waals surface area (Å²) in [7, 11) is 1.65. The van der Waals surface area contributed by atoms with Crippen LogP contribution in [-0.4, -0.2) is 18.0 Å². The minimum Gasteiger partial charge on any atom is -0.496 e. The largest absolute Gasteiger partial charge is 0.496 e. The molecule has 5 heteroatoms. The Kier molecular flexibility index (Phi) is 6.05. The van der Waals surface area contributed by atoms with Crippen LogP contribution in [0.3, 0.4) is 0 Å². The van der Waals surface area contributed by atoms with E-state index in [4.69, 9.17) is 4.74 Å². The number of pyridine rings is 1. The van der Waals surface area contributed by atoms with E-state index < -0.39 is 0 Å². The number of rotatable bonds is 7. The summed E-state index contributed by atoms with van der Waals surface area (Å²) in [6, 6.07) is 17.4. The number of amides is 1. The molecule has 0 aliphatic rings. The summed E-state index contributed by atoms with van der Waals surface area (Å²) >= 11 is 0. The fourth-order valence-corrected chi connectivity index (χ4v) is 2.85. The molecule has 1 aromatic heterocycles. The quantitative estimate of drug-likeness (QED) is 0.650. The molecule has 1 heterocycles. The number of carbonyl (C=O) groups is 1. The Morgan fingerprint density at radius 2 is 1.78 bits per heavy atom.